The van der Waals surface area contributed by atoms with Crippen LogP contribution in [0.5, 0.6) is 0 Å². The molecule has 1 saturated heterocycles. The average molecular weight is 422 g/mol. The molecule has 2 aromatic carbocycles. The molecule has 1 atom stereocenters. The van der Waals surface area contributed by atoms with Crippen LogP contribution in [0.4, 0.5) is 11.4 Å². The number of benzene rings is 2. The maximum absolute atomic E-state index is 12.9. The zero-order chi connectivity index (χ0) is 20.4. The van der Waals surface area contributed by atoms with Crippen LogP contribution in [0.1, 0.15) is 28.8 Å². The van der Waals surface area contributed by atoms with Crippen LogP contribution in [0.25, 0.3) is 0 Å². The van der Waals surface area contributed by atoms with Crippen molar-refractivity contribution in [1.29, 1.82) is 0 Å². The lowest BCUT2D eigenvalue weighted by atomic mass is 10.1. The van der Waals surface area contributed by atoms with E-state index in [1.807, 2.05) is 0 Å². The average Bonchev–Trinajstić information content (AvgIpc) is 3.12. The second kappa shape index (κ2) is 8.16. The lowest BCUT2D eigenvalue weighted by molar-refractivity contribution is -0.385. The van der Waals surface area contributed by atoms with E-state index >= 15 is 0 Å². The Bertz CT molecular complexity index is 964. The highest BCUT2D eigenvalue weighted by molar-refractivity contribution is 6.36. The normalized spacial score (nSPS) is 16.1. The molecule has 0 aromatic heterocycles. The van der Waals surface area contributed by atoms with Gasteiger partial charge in [-0.05, 0) is 50.1 Å². The van der Waals surface area contributed by atoms with Crippen molar-refractivity contribution in [2.24, 2.45) is 0 Å². The number of nitro benzene ring substituents is 1. The van der Waals surface area contributed by atoms with Crippen LogP contribution in [-0.2, 0) is 4.79 Å². The van der Waals surface area contributed by atoms with Crippen molar-refractivity contribution in [2.45, 2.75) is 25.8 Å². The number of amides is 2. The molecule has 0 spiro atoms. The lowest BCUT2D eigenvalue weighted by Crippen LogP contribution is -2.43. The van der Waals surface area contributed by atoms with Crippen molar-refractivity contribution < 1.29 is 14.5 Å². The van der Waals surface area contributed by atoms with Gasteiger partial charge < -0.3 is 10.2 Å². The second-order valence-electron chi connectivity index (χ2n) is 6.53. The molecule has 2 aromatic rings. The Morgan fingerprint density at radius 2 is 1.96 bits per heavy atom. The number of carbonyl (C=O) groups excluding carboxylic acids is 2. The van der Waals surface area contributed by atoms with Crippen molar-refractivity contribution in [3.8, 4) is 0 Å². The summed E-state index contributed by atoms with van der Waals surface area (Å²) in [5.41, 5.74) is 1.07. The summed E-state index contributed by atoms with van der Waals surface area (Å²) in [5, 5.41) is 14.5. The Hall–Kier alpha value is -2.64. The van der Waals surface area contributed by atoms with E-state index in [9.17, 15) is 19.7 Å². The minimum atomic E-state index is -0.644. The van der Waals surface area contributed by atoms with E-state index in [0.717, 1.165) is 0 Å². The summed E-state index contributed by atoms with van der Waals surface area (Å²) < 4.78 is 0. The minimum absolute atomic E-state index is 0.0513. The highest BCUT2D eigenvalue weighted by Gasteiger charge is 2.35. The van der Waals surface area contributed by atoms with Gasteiger partial charge in [-0.25, -0.2) is 0 Å². The van der Waals surface area contributed by atoms with Crippen molar-refractivity contribution in [3.05, 3.63) is 67.7 Å². The Kier molecular flexibility index (Phi) is 5.86. The summed E-state index contributed by atoms with van der Waals surface area (Å²) in [7, 11) is 0. The predicted octanol–water partition coefficient (Wildman–Crippen LogP) is 4.45. The maximum Gasteiger partial charge on any atom is 0.272 e. The minimum Gasteiger partial charge on any atom is -0.327 e. The van der Waals surface area contributed by atoms with Gasteiger partial charge >= 0.3 is 0 Å². The number of aryl methyl sites for hydroxylation is 1. The molecule has 0 bridgehead atoms. The molecule has 7 nitrogen and oxygen atoms in total. The van der Waals surface area contributed by atoms with Crippen LogP contribution < -0.4 is 5.32 Å². The van der Waals surface area contributed by atoms with E-state index in [2.05, 4.69) is 5.32 Å². The van der Waals surface area contributed by atoms with Crippen LogP contribution in [0, 0.1) is 17.0 Å². The van der Waals surface area contributed by atoms with Gasteiger partial charge in [-0.3, -0.25) is 19.7 Å². The number of carbonyl (C=O) groups is 2. The number of likely N-dealkylation sites (tertiary alicyclic amines) is 1. The van der Waals surface area contributed by atoms with Crippen LogP contribution in [0.15, 0.2) is 36.4 Å². The molecule has 1 fully saturated rings. The van der Waals surface area contributed by atoms with Crippen LogP contribution in [0.2, 0.25) is 10.0 Å². The van der Waals surface area contributed by atoms with Gasteiger partial charge in [0.2, 0.25) is 5.91 Å². The van der Waals surface area contributed by atoms with Gasteiger partial charge in [0.1, 0.15) is 6.04 Å². The zero-order valence-corrected chi connectivity index (χ0v) is 16.5. The number of nitrogens with zero attached hydrogens (tertiary/aromatic N) is 2. The molecule has 0 unspecified atom stereocenters. The van der Waals surface area contributed by atoms with Crippen LogP contribution >= 0.6 is 23.2 Å². The van der Waals surface area contributed by atoms with Gasteiger partial charge in [0.25, 0.3) is 11.6 Å². The molecule has 1 N–H and O–H groups in total. The first-order chi connectivity index (χ1) is 13.3. The molecule has 28 heavy (non-hydrogen) atoms. The number of nitro groups is 1. The summed E-state index contributed by atoms with van der Waals surface area (Å²) >= 11 is 12.0. The first-order valence-corrected chi connectivity index (χ1v) is 9.35. The van der Waals surface area contributed by atoms with Gasteiger partial charge in [0.05, 0.1) is 15.6 Å². The van der Waals surface area contributed by atoms with Crippen molar-refractivity contribution in [3.63, 3.8) is 0 Å². The SMILES string of the molecule is Cc1cc(C(=O)N2CCC[C@@H]2C(=O)Nc2ccc(Cl)cc2Cl)ccc1[N+](=O)[O-]. The monoisotopic (exact) mass is 421 g/mol. The number of rotatable bonds is 4. The molecule has 2 amide bonds. The number of halogens is 2. The van der Waals surface area contributed by atoms with Gasteiger partial charge in [-0.1, -0.05) is 23.2 Å². The Balaban J connectivity index is 1.78. The smallest absolute Gasteiger partial charge is 0.272 e. The third-order valence-corrected chi connectivity index (χ3v) is 5.19. The van der Waals surface area contributed by atoms with E-state index in [-0.39, 0.29) is 17.5 Å². The van der Waals surface area contributed by atoms with E-state index in [4.69, 9.17) is 23.2 Å². The van der Waals surface area contributed by atoms with E-state index in [1.165, 1.54) is 29.2 Å². The van der Waals surface area contributed by atoms with Crippen LogP contribution in [-0.4, -0.2) is 34.2 Å². The topological polar surface area (TPSA) is 92.6 Å². The first kappa shape index (κ1) is 20.1. The van der Waals surface area contributed by atoms with Crippen molar-refractivity contribution in [2.75, 3.05) is 11.9 Å². The Labute approximate surface area is 171 Å². The Morgan fingerprint density at radius 1 is 1.21 bits per heavy atom. The largest absolute Gasteiger partial charge is 0.327 e. The summed E-state index contributed by atoms with van der Waals surface area (Å²) in [6.07, 6.45) is 1.21. The number of hydrogen-bond acceptors (Lipinski definition) is 4. The molecule has 9 heteroatoms. The highest BCUT2D eigenvalue weighted by Crippen LogP contribution is 2.28. The Morgan fingerprint density at radius 3 is 2.61 bits per heavy atom. The van der Waals surface area contributed by atoms with E-state index < -0.39 is 11.0 Å². The van der Waals surface area contributed by atoms with Gasteiger partial charge in [0, 0.05) is 28.8 Å². The number of anilines is 1. The summed E-state index contributed by atoms with van der Waals surface area (Å²) in [4.78, 5) is 37.6. The van der Waals surface area contributed by atoms with E-state index in [0.29, 0.717) is 46.2 Å². The number of hydrogen-bond donors (Lipinski definition) is 1. The molecule has 1 aliphatic rings. The van der Waals surface area contributed by atoms with Crippen molar-refractivity contribution >= 4 is 46.4 Å². The van der Waals surface area contributed by atoms with Gasteiger partial charge in [-0.15, -0.1) is 0 Å². The quantitative estimate of drug-likeness (QED) is 0.582. The molecule has 0 aliphatic carbocycles. The fourth-order valence-corrected chi connectivity index (χ4v) is 3.70. The molecule has 1 heterocycles. The molecule has 1 aliphatic heterocycles. The summed E-state index contributed by atoms with van der Waals surface area (Å²) in [6, 6.07) is 8.29. The lowest BCUT2D eigenvalue weighted by Gasteiger charge is -2.24. The van der Waals surface area contributed by atoms with Gasteiger partial charge in [-0.2, -0.15) is 0 Å². The third kappa shape index (κ3) is 4.10. The third-order valence-electron chi connectivity index (χ3n) is 4.65. The fraction of sp³-hybridized carbons (Fsp3) is 0.263. The standard InChI is InChI=1S/C19H17Cl2N3O4/c1-11-9-12(4-7-16(11)24(27)28)19(26)23-8-2-3-17(23)18(25)22-15-6-5-13(20)10-14(15)21/h4-7,9-10,17H,2-3,8H2,1H3,(H,22,25)/t17-/m1/s1. The predicted molar refractivity (Wildman–Crippen MR) is 107 cm³/mol. The summed E-state index contributed by atoms with van der Waals surface area (Å²) in [5.74, 6) is -0.674. The fourth-order valence-electron chi connectivity index (χ4n) is 3.25. The zero-order valence-electron chi connectivity index (χ0n) is 14.9. The molecule has 0 saturated carbocycles. The van der Waals surface area contributed by atoms with Gasteiger partial charge in [0.15, 0.2) is 0 Å². The molecular weight excluding hydrogens is 405 g/mol. The number of nitrogens with one attached hydrogen (secondary N) is 1. The summed E-state index contributed by atoms with van der Waals surface area (Å²) in [6.45, 7) is 2.01. The van der Waals surface area contributed by atoms with E-state index in [1.54, 1.807) is 19.1 Å². The molecule has 3 rings (SSSR count). The maximum atomic E-state index is 12.9. The van der Waals surface area contributed by atoms with Crippen molar-refractivity contribution in [1.82, 2.24) is 4.90 Å². The van der Waals surface area contributed by atoms with Crippen LogP contribution in [0.3, 0.4) is 0 Å². The molecular formula is C19H17Cl2N3O4. The highest BCUT2D eigenvalue weighted by atomic mass is 35.5. The molecule has 0 radical (unpaired) electrons. The molecule has 146 valence electrons. The second-order valence-corrected chi connectivity index (χ2v) is 7.37. The first-order valence-electron chi connectivity index (χ1n) is 8.60.